The molecule has 3 rings (SSSR count). The zero-order valence-corrected chi connectivity index (χ0v) is 17.2. The lowest BCUT2D eigenvalue weighted by Gasteiger charge is -2.07. The summed E-state index contributed by atoms with van der Waals surface area (Å²) in [6.45, 7) is 2.48. The maximum Gasteiger partial charge on any atom is 0.306 e. The van der Waals surface area contributed by atoms with E-state index in [2.05, 4.69) is 4.98 Å². The molecule has 30 heavy (non-hydrogen) atoms. The van der Waals surface area contributed by atoms with Crippen LogP contribution >= 0.6 is 11.6 Å². The number of aromatic nitrogens is 2. The Morgan fingerprint density at radius 2 is 1.87 bits per heavy atom. The first-order chi connectivity index (χ1) is 14.5. The minimum atomic E-state index is -0.538. The average molecular weight is 429 g/mol. The molecular weight excluding hydrogens is 408 g/mol. The highest BCUT2D eigenvalue weighted by Gasteiger charge is 2.12. The summed E-state index contributed by atoms with van der Waals surface area (Å²) in [5.74, 6) is 0.00571. The Hall–Kier alpha value is -3.19. The van der Waals surface area contributed by atoms with Crippen molar-refractivity contribution in [2.45, 2.75) is 32.8 Å². The molecule has 0 spiro atoms. The van der Waals surface area contributed by atoms with Gasteiger partial charge in [-0.25, -0.2) is 4.98 Å². The summed E-state index contributed by atoms with van der Waals surface area (Å²) in [4.78, 5) is 40.6. The molecule has 2 heterocycles. The Kier molecular flexibility index (Phi) is 7.19. The van der Waals surface area contributed by atoms with E-state index in [-0.39, 0.29) is 30.8 Å². The number of carbonyl (C=O) groups excluding carboxylic acids is 2. The third-order valence-electron chi connectivity index (χ3n) is 4.26. The fourth-order valence-corrected chi connectivity index (χ4v) is 2.90. The van der Waals surface area contributed by atoms with Gasteiger partial charge in [0.15, 0.2) is 5.78 Å². The van der Waals surface area contributed by atoms with Gasteiger partial charge in [0.25, 0.3) is 5.56 Å². The molecule has 0 atom stereocenters. The summed E-state index contributed by atoms with van der Waals surface area (Å²) in [5, 5.41) is 0.415. The molecule has 0 unspecified atom stereocenters. The summed E-state index contributed by atoms with van der Waals surface area (Å²) < 4.78 is 11.9. The predicted octanol–water partition coefficient (Wildman–Crippen LogP) is 3.84. The molecule has 0 saturated carbocycles. The van der Waals surface area contributed by atoms with Crippen molar-refractivity contribution in [1.29, 1.82) is 0 Å². The number of ketones is 1. The van der Waals surface area contributed by atoms with E-state index in [1.165, 1.54) is 16.7 Å². The van der Waals surface area contributed by atoms with Gasteiger partial charge in [-0.2, -0.15) is 0 Å². The van der Waals surface area contributed by atoms with Crippen molar-refractivity contribution >= 4 is 29.0 Å². The van der Waals surface area contributed by atoms with E-state index in [9.17, 15) is 14.4 Å². The molecule has 0 N–H and O–H groups in total. The van der Waals surface area contributed by atoms with Crippen LogP contribution in [-0.4, -0.2) is 27.7 Å². The normalized spacial score (nSPS) is 10.7. The number of pyridine rings is 1. The van der Waals surface area contributed by atoms with Crippen LogP contribution < -0.4 is 10.3 Å². The third kappa shape index (κ3) is 5.67. The highest BCUT2D eigenvalue weighted by Crippen LogP contribution is 2.15. The van der Waals surface area contributed by atoms with Crippen molar-refractivity contribution in [3.05, 3.63) is 75.3 Å². The standard InChI is InChI=1S/C22H21ClN2O5/c1-2-11-29-18-6-3-15(4-7-18)19(26)8-10-22(28)30-14-17-12-21(27)25-13-16(23)5-9-20(25)24-17/h3-7,9,12-13H,2,8,10-11,14H2,1H3. The number of fused-ring (bicyclic) bond motifs is 1. The average Bonchev–Trinajstić information content (AvgIpc) is 2.75. The molecule has 0 aliphatic carbocycles. The molecule has 2 aromatic heterocycles. The van der Waals surface area contributed by atoms with Gasteiger partial charge in [-0.15, -0.1) is 0 Å². The van der Waals surface area contributed by atoms with Crippen LogP contribution in [0.25, 0.3) is 5.65 Å². The van der Waals surface area contributed by atoms with Crippen LogP contribution in [-0.2, 0) is 16.1 Å². The number of rotatable bonds is 9. The van der Waals surface area contributed by atoms with Gasteiger partial charge in [0.05, 0.1) is 23.7 Å². The Balaban J connectivity index is 1.51. The Morgan fingerprint density at radius 1 is 1.10 bits per heavy atom. The van der Waals surface area contributed by atoms with Gasteiger partial charge in [-0.05, 0) is 42.8 Å². The van der Waals surface area contributed by atoms with Gasteiger partial charge in [-0.1, -0.05) is 18.5 Å². The molecule has 156 valence electrons. The molecule has 0 radical (unpaired) electrons. The largest absolute Gasteiger partial charge is 0.494 e. The topological polar surface area (TPSA) is 87.0 Å². The van der Waals surface area contributed by atoms with Crippen molar-refractivity contribution in [2.75, 3.05) is 6.61 Å². The van der Waals surface area contributed by atoms with Crippen molar-refractivity contribution in [3.63, 3.8) is 0 Å². The van der Waals surface area contributed by atoms with E-state index in [1.807, 2.05) is 6.92 Å². The van der Waals surface area contributed by atoms with Crippen LogP contribution in [0.2, 0.25) is 5.02 Å². The van der Waals surface area contributed by atoms with Crippen LogP contribution in [0.3, 0.4) is 0 Å². The number of benzene rings is 1. The predicted molar refractivity (Wildman–Crippen MR) is 112 cm³/mol. The SMILES string of the molecule is CCCOc1ccc(C(=O)CCC(=O)OCc2cc(=O)n3cc(Cl)ccc3n2)cc1. The zero-order chi connectivity index (χ0) is 21.5. The van der Waals surface area contributed by atoms with Crippen LogP contribution in [0, 0.1) is 0 Å². The second kappa shape index (κ2) is 10.0. The van der Waals surface area contributed by atoms with Crippen molar-refractivity contribution in [1.82, 2.24) is 9.38 Å². The lowest BCUT2D eigenvalue weighted by molar-refractivity contribution is -0.145. The number of halogens is 1. The van der Waals surface area contributed by atoms with Crippen LogP contribution in [0.1, 0.15) is 42.2 Å². The summed E-state index contributed by atoms with van der Waals surface area (Å²) >= 11 is 5.87. The minimum Gasteiger partial charge on any atom is -0.494 e. The lowest BCUT2D eigenvalue weighted by Crippen LogP contribution is -2.16. The van der Waals surface area contributed by atoms with Crippen LogP contribution in [0.4, 0.5) is 0 Å². The molecular formula is C22H21ClN2O5. The number of carbonyl (C=O) groups is 2. The van der Waals surface area contributed by atoms with Gasteiger partial charge in [0, 0.05) is 24.2 Å². The third-order valence-corrected chi connectivity index (χ3v) is 4.49. The zero-order valence-electron chi connectivity index (χ0n) is 16.5. The molecule has 0 fully saturated rings. The molecule has 0 aliphatic rings. The maximum absolute atomic E-state index is 12.3. The van der Waals surface area contributed by atoms with Gasteiger partial charge < -0.3 is 9.47 Å². The van der Waals surface area contributed by atoms with Gasteiger partial charge in [-0.3, -0.25) is 18.8 Å². The molecule has 8 heteroatoms. The Labute approximate surface area is 178 Å². The van der Waals surface area contributed by atoms with Crippen molar-refractivity contribution < 1.29 is 19.1 Å². The summed E-state index contributed by atoms with van der Waals surface area (Å²) in [6.07, 6.45) is 2.34. The first-order valence-corrected chi connectivity index (χ1v) is 9.93. The number of Topliss-reactive ketones (excluding diaryl/α,β-unsaturated/α-hetero) is 1. The van der Waals surface area contributed by atoms with Gasteiger partial charge in [0.2, 0.25) is 0 Å². The summed E-state index contributed by atoms with van der Waals surface area (Å²) in [7, 11) is 0. The Morgan fingerprint density at radius 3 is 2.60 bits per heavy atom. The van der Waals surface area contributed by atoms with E-state index >= 15 is 0 Å². The first kappa shape index (κ1) is 21.5. The Bertz CT molecular complexity index is 1110. The quantitative estimate of drug-likeness (QED) is 0.380. The molecule has 0 bridgehead atoms. The molecule has 0 amide bonds. The molecule has 3 aromatic rings. The number of nitrogens with zero attached hydrogens (tertiary/aromatic N) is 2. The smallest absolute Gasteiger partial charge is 0.306 e. The van der Waals surface area contributed by atoms with Gasteiger partial charge >= 0.3 is 5.97 Å². The van der Waals surface area contributed by atoms with Crippen LogP contribution in [0.5, 0.6) is 5.75 Å². The highest BCUT2D eigenvalue weighted by molar-refractivity contribution is 6.30. The number of hydrogen-bond donors (Lipinski definition) is 0. The minimum absolute atomic E-state index is 0.0281. The van der Waals surface area contributed by atoms with E-state index < -0.39 is 5.97 Å². The summed E-state index contributed by atoms with van der Waals surface area (Å²) in [6, 6.07) is 11.3. The molecule has 0 aliphatic heterocycles. The second-order valence-corrected chi connectivity index (χ2v) is 7.05. The maximum atomic E-state index is 12.3. The fourth-order valence-electron chi connectivity index (χ4n) is 2.74. The summed E-state index contributed by atoms with van der Waals surface area (Å²) in [5.41, 5.74) is 0.911. The molecule has 1 aromatic carbocycles. The number of hydrogen-bond acceptors (Lipinski definition) is 6. The van der Waals surface area contributed by atoms with E-state index in [1.54, 1.807) is 36.4 Å². The molecule has 7 nitrogen and oxygen atoms in total. The van der Waals surface area contributed by atoms with Crippen LogP contribution in [0.15, 0.2) is 53.5 Å². The number of ether oxygens (including phenoxy) is 2. The first-order valence-electron chi connectivity index (χ1n) is 9.56. The molecule has 0 saturated heterocycles. The highest BCUT2D eigenvalue weighted by atomic mass is 35.5. The van der Waals surface area contributed by atoms with E-state index in [0.717, 1.165) is 6.42 Å². The van der Waals surface area contributed by atoms with Gasteiger partial charge in [0.1, 0.15) is 18.0 Å². The van der Waals surface area contributed by atoms with Crippen molar-refractivity contribution in [2.24, 2.45) is 0 Å². The number of esters is 1. The van der Waals surface area contributed by atoms with E-state index in [0.29, 0.717) is 34.3 Å². The fraction of sp³-hybridized carbons (Fsp3) is 0.273. The monoisotopic (exact) mass is 428 g/mol. The van der Waals surface area contributed by atoms with Crippen molar-refractivity contribution in [3.8, 4) is 5.75 Å². The second-order valence-electron chi connectivity index (χ2n) is 6.62. The van der Waals surface area contributed by atoms with E-state index in [4.69, 9.17) is 21.1 Å². The lowest BCUT2D eigenvalue weighted by atomic mass is 10.1.